The molecule has 2 rings (SSSR count). The van der Waals surface area contributed by atoms with Crippen LogP contribution < -0.4 is 0 Å². The third-order valence-corrected chi connectivity index (χ3v) is 3.15. The molecule has 0 spiro atoms. The van der Waals surface area contributed by atoms with Gasteiger partial charge in [0.2, 0.25) is 0 Å². The van der Waals surface area contributed by atoms with E-state index in [1.54, 1.807) is 0 Å². The minimum absolute atomic E-state index is 0.544. The molecule has 0 radical (unpaired) electrons. The fraction of sp³-hybridized carbons (Fsp3) is 1.00. The quantitative estimate of drug-likeness (QED) is 0.626. The van der Waals surface area contributed by atoms with E-state index < -0.39 is 0 Å². The summed E-state index contributed by atoms with van der Waals surface area (Å²) in [7, 11) is 0. The number of morpholine rings is 2. The summed E-state index contributed by atoms with van der Waals surface area (Å²) in [6, 6.07) is 0. The molecule has 0 saturated carbocycles. The minimum atomic E-state index is 0.544. The highest BCUT2D eigenvalue weighted by Crippen LogP contribution is 2.10. The van der Waals surface area contributed by atoms with Gasteiger partial charge in [0, 0.05) is 26.2 Å². The maximum absolute atomic E-state index is 5.35. The van der Waals surface area contributed by atoms with Crippen LogP contribution >= 0.6 is 0 Å². The smallest absolute Gasteiger partial charge is 0.0596 e. The summed E-state index contributed by atoms with van der Waals surface area (Å²) in [5, 5.41) is 0. The number of nitrogens with zero attached hydrogens (tertiary/aromatic N) is 2. The molecular weight excluding hydrogens is 180 g/mol. The molecule has 0 aromatic carbocycles. The van der Waals surface area contributed by atoms with Gasteiger partial charge in [-0.15, -0.1) is 0 Å². The molecule has 0 atom stereocenters. The highest BCUT2D eigenvalue weighted by atomic mass is 16.5. The Morgan fingerprint density at radius 1 is 0.786 bits per heavy atom. The Morgan fingerprint density at radius 3 is 1.50 bits per heavy atom. The molecule has 0 amide bonds. The van der Waals surface area contributed by atoms with E-state index in [0.717, 1.165) is 52.6 Å². The Hall–Kier alpha value is -0.160. The highest BCUT2D eigenvalue weighted by Gasteiger charge is 2.23. The van der Waals surface area contributed by atoms with E-state index in [4.69, 9.17) is 9.47 Å². The summed E-state index contributed by atoms with van der Waals surface area (Å²) in [5.41, 5.74) is 0. The number of rotatable bonds is 2. The molecule has 0 aromatic rings. The van der Waals surface area contributed by atoms with Gasteiger partial charge in [-0.3, -0.25) is 9.80 Å². The first-order valence-electron chi connectivity index (χ1n) is 5.51. The Morgan fingerprint density at radius 2 is 1.14 bits per heavy atom. The zero-order chi connectivity index (χ0) is 9.80. The molecule has 2 aliphatic heterocycles. The predicted molar refractivity (Wildman–Crippen MR) is 54.2 cm³/mol. The second-order valence-electron chi connectivity index (χ2n) is 3.93. The molecule has 14 heavy (non-hydrogen) atoms. The van der Waals surface area contributed by atoms with Gasteiger partial charge >= 0.3 is 0 Å². The fourth-order valence-electron chi connectivity index (χ4n) is 2.13. The van der Waals surface area contributed by atoms with Gasteiger partial charge < -0.3 is 9.47 Å². The Balaban J connectivity index is 1.82. The van der Waals surface area contributed by atoms with Crippen molar-refractivity contribution in [3.05, 3.63) is 0 Å². The first kappa shape index (κ1) is 10.4. The normalized spacial score (nSPS) is 27.0. The average Bonchev–Trinajstić information content (AvgIpc) is 2.30. The van der Waals surface area contributed by atoms with Crippen molar-refractivity contribution in [3.8, 4) is 0 Å². The van der Waals surface area contributed by atoms with Crippen molar-refractivity contribution in [2.24, 2.45) is 0 Å². The predicted octanol–water partition coefficient (Wildman–Crippen LogP) is -0.00320. The minimum Gasteiger partial charge on any atom is -0.379 e. The summed E-state index contributed by atoms with van der Waals surface area (Å²) in [6.45, 7) is 10.1. The first-order chi connectivity index (χ1) is 6.88. The zero-order valence-corrected chi connectivity index (χ0v) is 8.95. The largest absolute Gasteiger partial charge is 0.379 e. The second-order valence-corrected chi connectivity index (χ2v) is 3.93. The van der Waals surface area contributed by atoms with Crippen LogP contribution in [0.1, 0.15) is 6.92 Å². The molecule has 2 heterocycles. The number of hydrogen-bond acceptors (Lipinski definition) is 4. The molecule has 0 aliphatic carbocycles. The van der Waals surface area contributed by atoms with Crippen molar-refractivity contribution in [2.75, 3.05) is 52.6 Å². The van der Waals surface area contributed by atoms with E-state index in [9.17, 15) is 0 Å². The van der Waals surface area contributed by atoms with Crippen LogP contribution in [0.2, 0.25) is 0 Å². The summed E-state index contributed by atoms with van der Waals surface area (Å²) >= 11 is 0. The molecule has 82 valence electrons. The van der Waals surface area contributed by atoms with Gasteiger partial charge in [-0.2, -0.15) is 0 Å². The second kappa shape index (κ2) is 5.07. The van der Waals surface area contributed by atoms with Crippen LogP contribution in [0.3, 0.4) is 0 Å². The molecule has 0 bridgehead atoms. The lowest BCUT2D eigenvalue weighted by molar-refractivity contribution is -0.0590. The van der Waals surface area contributed by atoms with Gasteiger partial charge in [-0.1, -0.05) is 0 Å². The fourth-order valence-corrected chi connectivity index (χ4v) is 2.13. The van der Waals surface area contributed by atoms with Gasteiger partial charge in [0.15, 0.2) is 0 Å². The van der Waals surface area contributed by atoms with Crippen molar-refractivity contribution < 1.29 is 9.47 Å². The molecule has 2 saturated heterocycles. The molecule has 0 unspecified atom stereocenters. The van der Waals surface area contributed by atoms with E-state index in [0.29, 0.717) is 6.17 Å². The van der Waals surface area contributed by atoms with Crippen molar-refractivity contribution in [1.29, 1.82) is 0 Å². The first-order valence-corrected chi connectivity index (χ1v) is 5.51. The van der Waals surface area contributed by atoms with Gasteiger partial charge in [0.25, 0.3) is 0 Å². The monoisotopic (exact) mass is 200 g/mol. The van der Waals surface area contributed by atoms with Crippen LogP contribution in [0, 0.1) is 0 Å². The van der Waals surface area contributed by atoms with Gasteiger partial charge in [-0.25, -0.2) is 0 Å². The van der Waals surface area contributed by atoms with E-state index in [1.807, 2.05) is 0 Å². The number of ether oxygens (including phenoxy) is 2. The van der Waals surface area contributed by atoms with Crippen molar-refractivity contribution in [2.45, 2.75) is 13.1 Å². The summed E-state index contributed by atoms with van der Waals surface area (Å²) < 4.78 is 10.7. The average molecular weight is 200 g/mol. The standard InChI is InChI=1S/C10H20N2O2/c1-10(11-2-6-13-7-3-11)12-4-8-14-9-5-12/h10H,2-9H2,1H3. The third-order valence-electron chi connectivity index (χ3n) is 3.15. The van der Waals surface area contributed by atoms with Gasteiger partial charge in [0.1, 0.15) is 0 Å². The Bertz CT molecular complexity index is 148. The van der Waals surface area contributed by atoms with Gasteiger partial charge in [-0.05, 0) is 6.92 Å². The molecule has 0 N–H and O–H groups in total. The highest BCUT2D eigenvalue weighted by molar-refractivity contribution is 4.73. The Labute approximate surface area is 85.8 Å². The maximum atomic E-state index is 5.35. The van der Waals surface area contributed by atoms with Crippen LogP contribution in [0.25, 0.3) is 0 Å². The van der Waals surface area contributed by atoms with E-state index in [-0.39, 0.29) is 0 Å². The SMILES string of the molecule is CC(N1CCOCC1)N1CCOCC1. The molecule has 2 aliphatic rings. The molecule has 0 aromatic heterocycles. The lowest BCUT2D eigenvalue weighted by Crippen LogP contribution is -2.53. The van der Waals surface area contributed by atoms with Crippen molar-refractivity contribution >= 4 is 0 Å². The van der Waals surface area contributed by atoms with E-state index in [1.165, 1.54) is 0 Å². The Kier molecular flexibility index (Phi) is 3.75. The number of hydrogen-bond donors (Lipinski definition) is 0. The van der Waals surface area contributed by atoms with E-state index in [2.05, 4.69) is 16.7 Å². The van der Waals surface area contributed by atoms with Crippen LogP contribution in [0.4, 0.5) is 0 Å². The summed E-state index contributed by atoms with van der Waals surface area (Å²) in [6.07, 6.45) is 0.544. The zero-order valence-electron chi connectivity index (χ0n) is 8.95. The van der Waals surface area contributed by atoms with Crippen molar-refractivity contribution in [3.63, 3.8) is 0 Å². The molecular formula is C10H20N2O2. The summed E-state index contributed by atoms with van der Waals surface area (Å²) in [5.74, 6) is 0. The van der Waals surface area contributed by atoms with Crippen LogP contribution in [0.5, 0.6) is 0 Å². The van der Waals surface area contributed by atoms with Gasteiger partial charge in [0.05, 0.1) is 32.6 Å². The van der Waals surface area contributed by atoms with Crippen LogP contribution in [-0.2, 0) is 9.47 Å². The maximum Gasteiger partial charge on any atom is 0.0596 e. The van der Waals surface area contributed by atoms with Crippen LogP contribution in [-0.4, -0.2) is 68.6 Å². The molecule has 2 fully saturated rings. The topological polar surface area (TPSA) is 24.9 Å². The lowest BCUT2D eigenvalue weighted by atomic mass is 10.3. The summed E-state index contributed by atoms with van der Waals surface area (Å²) in [4.78, 5) is 4.99. The van der Waals surface area contributed by atoms with Crippen molar-refractivity contribution in [1.82, 2.24) is 9.80 Å². The molecule has 4 heteroatoms. The lowest BCUT2D eigenvalue weighted by Gasteiger charge is -2.40. The van der Waals surface area contributed by atoms with E-state index >= 15 is 0 Å². The van der Waals surface area contributed by atoms with Crippen LogP contribution in [0.15, 0.2) is 0 Å². The molecule has 4 nitrogen and oxygen atoms in total. The third kappa shape index (κ3) is 2.45.